The summed E-state index contributed by atoms with van der Waals surface area (Å²) in [6, 6.07) is 7.18. The van der Waals surface area contributed by atoms with E-state index in [1.807, 2.05) is 6.07 Å². The Morgan fingerprint density at radius 3 is 2.91 bits per heavy atom. The summed E-state index contributed by atoms with van der Waals surface area (Å²) in [6.07, 6.45) is 4.76. The largest absolute Gasteiger partial charge is 0.495 e. The molecule has 1 aliphatic rings. The molecule has 0 radical (unpaired) electrons. The van der Waals surface area contributed by atoms with Crippen molar-refractivity contribution < 1.29 is 14.3 Å². The van der Waals surface area contributed by atoms with Crippen LogP contribution in [0.4, 0.5) is 11.6 Å². The normalized spacial score (nSPS) is 13.5. The summed E-state index contributed by atoms with van der Waals surface area (Å²) < 4.78 is 12.3. The van der Waals surface area contributed by atoms with Crippen LogP contribution in [0.3, 0.4) is 0 Å². The molecule has 0 atom stereocenters. The number of nitrogens with one attached hydrogen (secondary N) is 1. The van der Waals surface area contributed by atoms with E-state index in [4.69, 9.17) is 26.3 Å². The minimum Gasteiger partial charge on any atom is -0.495 e. The number of ether oxygens (including phenoxy) is 2. The summed E-state index contributed by atoms with van der Waals surface area (Å²) in [7, 11) is 1.53. The molecular weight excluding hydrogens is 434 g/mol. The lowest BCUT2D eigenvalue weighted by Crippen LogP contribution is -2.40. The maximum Gasteiger partial charge on any atom is 0.254 e. The number of rotatable bonds is 6. The topological polar surface area (TPSA) is 118 Å². The van der Waals surface area contributed by atoms with Gasteiger partial charge in [0.1, 0.15) is 12.3 Å². The van der Waals surface area contributed by atoms with Crippen LogP contribution in [0.2, 0.25) is 5.02 Å². The average molecular weight is 454 g/mol. The van der Waals surface area contributed by atoms with Gasteiger partial charge in [0.25, 0.3) is 5.91 Å². The Kier molecular flexibility index (Phi) is 6.49. The zero-order valence-electron chi connectivity index (χ0n) is 17.3. The van der Waals surface area contributed by atoms with Gasteiger partial charge in [0.2, 0.25) is 5.95 Å². The van der Waals surface area contributed by atoms with E-state index in [0.29, 0.717) is 65.5 Å². The van der Waals surface area contributed by atoms with Crippen molar-refractivity contribution in [3.8, 4) is 23.1 Å². The van der Waals surface area contributed by atoms with Crippen molar-refractivity contribution in [1.82, 2.24) is 24.6 Å². The predicted octanol–water partition coefficient (Wildman–Crippen LogP) is 2.74. The Morgan fingerprint density at radius 2 is 2.16 bits per heavy atom. The van der Waals surface area contributed by atoms with Gasteiger partial charge in [-0.3, -0.25) is 9.48 Å². The van der Waals surface area contributed by atoms with Gasteiger partial charge in [-0.05, 0) is 18.2 Å². The van der Waals surface area contributed by atoms with Gasteiger partial charge in [0, 0.05) is 30.4 Å². The number of nitriles is 1. The molecule has 0 spiro atoms. The van der Waals surface area contributed by atoms with E-state index in [1.165, 1.54) is 18.0 Å². The maximum absolute atomic E-state index is 12.8. The predicted molar refractivity (Wildman–Crippen MR) is 117 cm³/mol. The number of amides is 1. The zero-order chi connectivity index (χ0) is 22.5. The Balaban J connectivity index is 1.57. The molecular formula is C21H20ClN7O3. The second-order valence-electron chi connectivity index (χ2n) is 6.92. The number of morpholine rings is 1. The van der Waals surface area contributed by atoms with E-state index >= 15 is 0 Å². The molecule has 0 aliphatic carbocycles. The second-order valence-corrected chi connectivity index (χ2v) is 7.33. The van der Waals surface area contributed by atoms with Crippen molar-refractivity contribution in [3.63, 3.8) is 0 Å². The van der Waals surface area contributed by atoms with Crippen molar-refractivity contribution in [3.05, 3.63) is 47.4 Å². The monoisotopic (exact) mass is 453 g/mol. The first-order chi connectivity index (χ1) is 15.6. The van der Waals surface area contributed by atoms with Crippen molar-refractivity contribution in [2.45, 2.75) is 6.54 Å². The fourth-order valence-corrected chi connectivity index (χ4v) is 3.47. The van der Waals surface area contributed by atoms with E-state index in [-0.39, 0.29) is 12.5 Å². The number of halogens is 1. The molecule has 10 nitrogen and oxygen atoms in total. The van der Waals surface area contributed by atoms with Crippen LogP contribution in [0, 0.1) is 11.3 Å². The molecule has 0 unspecified atom stereocenters. The van der Waals surface area contributed by atoms with E-state index in [2.05, 4.69) is 20.4 Å². The highest BCUT2D eigenvalue weighted by molar-refractivity contribution is 6.32. The van der Waals surface area contributed by atoms with Crippen molar-refractivity contribution in [2.24, 2.45) is 0 Å². The molecule has 2 aromatic heterocycles. The van der Waals surface area contributed by atoms with E-state index in [1.54, 1.807) is 35.5 Å². The minimum absolute atomic E-state index is 0.0717. The van der Waals surface area contributed by atoms with Crippen molar-refractivity contribution in [1.29, 1.82) is 5.26 Å². The van der Waals surface area contributed by atoms with Crippen LogP contribution in [0.25, 0.3) is 11.3 Å². The SMILES string of the molecule is COc1cc(C(=O)N2CCOCC2)ccc1Nc1ncc(Cl)c(-c2cnn(CC#N)c2)n1. The number of carbonyl (C=O) groups is 1. The summed E-state index contributed by atoms with van der Waals surface area (Å²) in [5.74, 6) is 0.701. The average Bonchev–Trinajstić information content (AvgIpc) is 3.29. The van der Waals surface area contributed by atoms with Crippen LogP contribution in [-0.2, 0) is 11.3 Å². The molecule has 1 aromatic carbocycles. The van der Waals surface area contributed by atoms with Gasteiger partial charge in [0.05, 0.1) is 55.2 Å². The second kappa shape index (κ2) is 9.64. The molecule has 0 bridgehead atoms. The Morgan fingerprint density at radius 1 is 1.34 bits per heavy atom. The highest BCUT2D eigenvalue weighted by Gasteiger charge is 2.20. The number of carbonyl (C=O) groups excluding carboxylic acids is 1. The van der Waals surface area contributed by atoms with Crippen LogP contribution < -0.4 is 10.1 Å². The molecule has 1 fully saturated rings. The smallest absolute Gasteiger partial charge is 0.254 e. The molecule has 1 amide bonds. The number of aromatic nitrogens is 4. The highest BCUT2D eigenvalue weighted by atomic mass is 35.5. The number of nitrogens with zero attached hydrogens (tertiary/aromatic N) is 6. The van der Waals surface area contributed by atoms with Crippen LogP contribution in [0.1, 0.15) is 10.4 Å². The lowest BCUT2D eigenvalue weighted by atomic mass is 10.1. The first-order valence-corrected chi connectivity index (χ1v) is 10.2. The third-order valence-corrected chi connectivity index (χ3v) is 5.15. The fraction of sp³-hybridized carbons (Fsp3) is 0.286. The number of methoxy groups -OCH3 is 1. The highest BCUT2D eigenvalue weighted by Crippen LogP contribution is 2.31. The van der Waals surface area contributed by atoms with Crippen LogP contribution in [0.15, 0.2) is 36.8 Å². The van der Waals surface area contributed by atoms with Crippen LogP contribution in [0.5, 0.6) is 5.75 Å². The molecule has 3 heterocycles. The molecule has 3 aromatic rings. The van der Waals surface area contributed by atoms with Gasteiger partial charge in [-0.15, -0.1) is 0 Å². The summed E-state index contributed by atoms with van der Waals surface area (Å²) in [5.41, 5.74) is 2.26. The molecule has 4 rings (SSSR count). The lowest BCUT2D eigenvalue weighted by molar-refractivity contribution is 0.0302. The third kappa shape index (κ3) is 4.64. The van der Waals surface area contributed by atoms with Gasteiger partial charge in [-0.25, -0.2) is 9.97 Å². The van der Waals surface area contributed by atoms with Crippen LogP contribution in [-0.4, -0.2) is 64.0 Å². The van der Waals surface area contributed by atoms with Crippen molar-refractivity contribution in [2.75, 3.05) is 38.7 Å². The summed E-state index contributed by atoms with van der Waals surface area (Å²) in [5, 5.41) is 16.4. The zero-order valence-corrected chi connectivity index (χ0v) is 18.0. The maximum atomic E-state index is 12.8. The summed E-state index contributed by atoms with van der Waals surface area (Å²) in [4.78, 5) is 23.2. The van der Waals surface area contributed by atoms with Crippen molar-refractivity contribution >= 4 is 29.1 Å². The van der Waals surface area contributed by atoms with Gasteiger partial charge >= 0.3 is 0 Å². The fourth-order valence-electron chi connectivity index (χ4n) is 3.27. The Bertz CT molecular complexity index is 1170. The summed E-state index contributed by atoms with van der Waals surface area (Å²) in [6.45, 7) is 2.32. The molecule has 11 heteroatoms. The minimum atomic E-state index is -0.0717. The standard InChI is InChI=1S/C21H20ClN7O3/c1-31-18-10-14(20(30)28-6-8-32-9-7-28)2-3-17(18)26-21-24-12-16(22)19(27-21)15-11-25-29(13-15)5-4-23/h2-3,10-13H,5-9H2,1H3,(H,24,26,27). The van der Waals surface area contributed by atoms with Gasteiger partial charge in [-0.1, -0.05) is 11.6 Å². The number of benzene rings is 1. The first kappa shape index (κ1) is 21.5. The van der Waals surface area contributed by atoms with E-state index in [9.17, 15) is 4.79 Å². The third-order valence-electron chi connectivity index (χ3n) is 4.88. The first-order valence-electron chi connectivity index (χ1n) is 9.83. The quantitative estimate of drug-likeness (QED) is 0.605. The van der Waals surface area contributed by atoms with Gasteiger partial charge < -0.3 is 19.7 Å². The summed E-state index contributed by atoms with van der Waals surface area (Å²) >= 11 is 6.28. The lowest BCUT2D eigenvalue weighted by Gasteiger charge is -2.27. The van der Waals surface area contributed by atoms with Crippen LogP contribution >= 0.6 is 11.6 Å². The molecule has 32 heavy (non-hydrogen) atoms. The Hall–Kier alpha value is -3.68. The Labute approximate surface area is 189 Å². The number of hydrogen-bond acceptors (Lipinski definition) is 8. The molecule has 1 saturated heterocycles. The van der Waals surface area contributed by atoms with E-state index in [0.717, 1.165) is 0 Å². The van der Waals surface area contributed by atoms with E-state index < -0.39 is 0 Å². The number of anilines is 2. The molecule has 164 valence electrons. The van der Waals surface area contributed by atoms with Gasteiger partial charge in [-0.2, -0.15) is 10.4 Å². The molecule has 0 saturated carbocycles. The molecule has 1 aliphatic heterocycles. The number of hydrogen-bond donors (Lipinski definition) is 1. The van der Waals surface area contributed by atoms with Gasteiger partial charge in [0.15, 0.2) is 0 Å². The molecule has 1 N–H and O–H groups in total.